The Morgan fingerprint density at radius 2 is 2.00 bits per heavy atom. The number of nitrogens with zero attached hydrogens (tertiary/aromatic N) is 2. The summed E-state index contributed by atoms with van der Waals surface area (Å²) in [7, 11) is 0. The molecule has 1 atom stereocenters. The summed E-state index contributed by atoms with van der Waals surface area (Å²) in [6, 6.07) is 4.41. The van der Waals surface area contributed by atoms with Crippen molar-refractivity contribution < 1.29 is 18.3 Å². The molecule has 2 aromatic rings. The summed E-state index contributed by atoms with van der Waals surface area (Å²) < 4.78 is 34.9. The van der Waals surface area contributed by atoms with Crippen LogP contribution in [0.15, 0.2) is 35.1 Å². The highest BCUT2D eigenvalue weighted by Gasteiger charge is 2.34. The summed E-state index contributed by atoms with van der Waals surface area (Å²) in [6.07, 6.45) is 1.51. The number of rotatable bonds is 4. The quantitative estimate of drug-likeness (QED) is 0.806. The molecule has 1 aromatic heterocycles. The SMILES string of the molecule is CC(C)(C)OC(=O)N[C@@](C)(Cn1cc(F)cn1)c1cc(Br)ccc1F. The Balaban J connectivity index is 2.39. The first kappa shape index (κ1) is 19.4. The molecule has 0 bridgehead atoms. The van der Waals surface area contributed by atoms with Crippen molar-refractivity contribution in [1.29, 1.82) is 0 Å². The van der Waals surface area contributed by atoms with Crippen LogP contribution in [0.25, 0.3) is 0 Å². The van der Waals surface area contributed by atoms with E-state index < -0.39 is 28.9 Å². The molecule has 0 saturated carbocycles. The van der Waals surface area contributed by atoms with Gasteiger partial charge in [-0.2, -0.15) is 5.10 Å². The van der Waals surface area contributed by atoms with Crippen molar-refractivity contribution in [1.82, 2.24) is 15.1 Å². The lowest BCUT2D eigenvalue weighted by Crippen LogP contribution is -2.49. The van der Waals surface area contributed by atoms with Gasteiger partial charge in [0.25, 0.3) is 0 Å². The average molecular weight is 416 g/mol. The first-order chi connectivity index (χ1) is 11.5. The van der Waals surface area contributed by atoms with Crippen molar-refractivity contribution in [3.8, 4) is 0 Å². The maximum atomic E-state index is 14.4. The number of alkyl carbamates (subject to hydrolysis) is 1. The molecule has 8 heteroatoms. The van der Waals surface area contributed by atoms with Gasteiger partial charge in [0, 0.05) is 10.0 Å². The van der Waals surface area contributed by atoms with Gasteiger partial charge in [-0.1, -0.05) is 15.9 Å². The molecule has 0 aliphatic heterocycles. The Morgan fingerprint density at radius 1 is 1.32 bits per heavy atom. The third-order valence-electron chi connectivity index (χ3n) is 3.38. The van der Waals surface area contributed by atoms with Crippen LogP contribution >= 0.6 is 15.9 Å². The van der Waals surface area contributed by atoms with Crippen LogP contribution in [0.5, 0.6) is 0 Å². The topological polar surface area (TPSA) is 56.1 Å². The van der Waals surface area contributed by atoms with E-state index in [0.717, 1.165) is 6.20 Å². The summed E-state index contributed by atoms with van der Waals surface area (Å²) >= 11 is 3.30. The summed E-state index contributed by atoms with van der Waals surface area (Å²) in [6.45, 7) is 6.83. The minimum atomic E-state index is -1.21. The van der Waals surface area contributed by atoms with Crippen LogP contribution in [0, 0.1) is 11.6 Å². The number of nitrogens with one attached hydrogen (secondary N) is 1. The Morgan fingerprint density at radius 3 is 2.56 bits per heavy atom. The molecule has 2 rings (SSSR count). The van der Waals surface area contributed by atoms with E-state index in [2.05, 4.69) is 26.3 Å². The molecule has 1 aromatic carbocycles. The highest BCUT2D eigenvalue weighted by atomic mass is 79.9. The third-order valence-corrected chi connectivity index (χ3v) is 3.87. The molecule has 1 N–H and O–H groups in total. The molecule has 1 heterocycles. The van der Waals surface area contributed by atoms with Crippen LogP contribution < -0.4 is 5.32 Å². The third kappa shape index (κ3) is 5.26. The summed E-state index contributed by atoms with van der Waals surface area (Å²) in [5.41, 5.74) is -1.70. The molecule has 25 heavy (non-hydrogen) atoms. The van der Waals surface area contributed by atoms with Gasteiger partial charge in [0.1, 0.15) is 11.4 Å². The van der Waals surface area contributed by atoms with Crippen molar-refractivity contribution in [3.63, 3.8) is 0 Å². The van der Waals surface area contributed by atoms with E-state index in [4.69, 9.17) is 4.74 Å². The van der Waals surface area contributed by atoms with E-state index >= 15 is 0 Å². The molecule has 0 aliphatic carbocycles. The lowest BCUT2D eigenvalue weighted by Gasteiger charge is -2.33. The Labute approximate surface area is 153 Å². The number of aromatic nitrogens is 2. The molecule has 136 valence electrons. The van der Waals surface area contributed by atoms with Gasteiger partial charge in [0.15, 0.2) is 5.82 Å². The van der Waals surface area contributed by atoms with Crippen molar-refractivity contribution in [2.45, 2.75) is 45.4 Å². The second-order valence-electron chi connectivity index (χ2n) is 6.94. The molecule has 0 fully saturated rings. The maximum Gasteiger partial charge on any atom is 0.408 e. The second-order valence-corrected chi connectivity index (χ2v) is 7.85. The van der Waals surface area contributed by atoms with Gasteiger partial charge < -0.3 is 10.1 Å². The average Bonchev–Trinajstić information content (AvgIpc) is 2.84. The number of carbonyl (C=O) groups excluding carboxylic acids is 1. The fourth-order valence-corrected chi connectivity index (χ4v) is 2.75. The number of carbonyl (C=O) groups is 1. The predicted molar refractivity (Wildman–Crippen MR) is 93.0 cm³/mol. The summed E-state index contributed by atoms with van der Waals surface area (Å²) in [5, 5.41) is 6.56. The van der Waals surface area contributed by atoms with Gasteiger partial charge in [0.05, 0.1) is 24.5 Å². The molecular weight excluding hydrogens is 396 g/mol. The normalized spacial score (nSPS) is 14.0. The minimum Gasteiger partial charge on any atom is -0.444 e. The lowest BCUT2D eigenvalue weighted by atomic mass is 9.91. The Hall–Kier alpha value is -1.96. The number of ether oxygens (including phenoxy) is 1. The van der Waals surface area contributed by atoms with E-state index in [-0.39, 0.29) is 12.1 Å². The van der Waals surface area contributed by atoms with E-state index in [1.165, 1.54) is 16.9 Å². The van der Waals surface area contributed by atoms with Gasteiger partial charge in [-0.05, 0) is 45.9 Å². The first-order valence-corrected chi connectivity index (χ1v) is 8.42. The summed E-state index contributed by atoms with van der Waals surface area (Å²) in [4.78, 5) is 12.3. The second kappa shape index (κ2) is 7.11. The standard InChI is InChI=1S/C17H20BrF2N3O2/c1-16(2,3)25-15(24)22-17(4,10-23-9-12(19)8-21-23)13-7-11(18)5-6-14(13)20/h5-9H,10H2,1-4H3,(H,22,24)/t17-/m0/s1. The molecule has 0 unspecified atom stereocenters. The molecular formula is C17H20BrF2N3O2. The van der Waals surface area contributed by atoms with Gasteiger partial charge >= 0.3 is 6.09 Å². The van der Waals surface area contributed by atoms with Crippen LogP contribution in [0.3, 0.4) is 0 Å². The van der Waals surface area contributed by atoms with Crippen molar-refractivity contribution >= 4 is 22.0 Å². The van der Waals surface area contributed by atoms with E-state index in [1.807, 2.05) is 0 Å². The zero-order chi connectivity index (χ0) is 18.8. The number of hydrogen-bond donors (Lipinski definition) is 1. The largest absolute Gasteiger partial charge is 0.444 e. The molecule has 0 saturated heterocycles. The molecule has 0 spiro atoms. The number of benzene rings is 1. The first-order valence-electron chi connectivity index (χ1n) is 7.63. The maximum absolute atomic E-state index is 14.4. The van der Waals surface area contributed by atoms with E-state index in [9.17, 15) is 13.6 Å². The highest BCUT2D eigenvalue weighted by Crippen LogP contribution is 2.29. The van der Waals surface area contributed by atoms with Crippen LogP contribution in [0.2, 0.25) is 0 Å². The lowest BCUT2D eigenvalue weighted by molar-refractivity contribution is 0.0446. The molecule has 0 radical (unpaired) electrons. The Bertz CT molecular complexity index is 773. The fraction of sp³-hybridized carbons (Fsp3) is 0.412. The number of amides is 1. The minimum absolute atomic E-state index is 0.0174. The van der Waals surface area contributed by atoms with Crippen molar-refractivity contribution in [2.75, 3.05) is 0 Å². The summed E-state index contributed by atoms with van der Waals surface area (Å²) in [5.74, 6) is -1.02. The molecule has 5 nitrogen and oxygen atoms in total. The van der Waals surface area contributed by atoms with Crippen LogP contribution in [-0.2, 0) is 16.8 Å². The monoisotopic (exact) mass is 415 g/mol. The van der Waals surface area contributed by atoms with Crippen LogP contribution in [0.1, 0.15) is 33.3 Å². The van der Waals surface area contributed by atoms with E-state index in [0.29, 0.717) is 4.47 Å². The van der Waals surface area contributed by atoms with Crippen molar-refractivity contribution in [3.05, 3.63) is 52.3 Å². The zero-order valence-corrected chi connectivity index (χ0v) is 16.0. The van der Waals surface area contributed by atoms with Gasteiger partial charge in [-0.3, -0.25) is 4.68 Å². The zero-order valence-electron chi connectivity index (χ0n) is 14.4. The van der Waals surface area contributed by atoms with Crippen molar-refractivity contribution in [2.24, 2.45) is 0 Å². The highest BCUT2D eigenvalue weighted by molar-refractivity contribution is 9.10. The molecule has 0 aliphatic rings. The smallest absolute Gasteiger partial charge is 0.408 e. The van der Waals surface area contributed by atoms with Gasteiger partial charge in [0.2, 0.25) is 0 Å². The predicted octanol–water partition coefficient (Wildman–Crippen LogP) is 4.36. The van der Waals surface area contributed by atoms with Crippen LogP contribution in [0.4, 0.5) is 13.6 Å². The van der Waals surface area contributed by atoms with Crippen LogP contribution in [-0.4, -0.2) is 21.5 Å². The Kier molecular flexibility index (Phi) is 5.51. The number of hydrogen-bond acceptors (Lipinski definition) is 3. The molecule has 1 amide bonds. The number of halogens is 3. The van der Waals surface area contributed by atoms with Gasteiger partial charge in [-0.15, -0.1) is 0 Å². The fourth-order valence-electron chi connectivity index (χ4n) is 2.39. The van der Waals surface area contributed by atoms with Gasteiger partial charge in [-0.25, -0.2) is 13.6 Å². The van der Waals surface area contributed by atoms with E-state index in [1.54, 1.807) is 39.8 Å².